The van der Waals surface area contributed by atoms with Gasteiger partial charge < -0.3 is 9.72 Å². The fraction of sp³-hybridized carbons (Fsp3) is 0.444. The van der Waals surface area contributed by atoms with E-state index < -0.39 is 5.82 Å². The number of rotatable bonds is 1. The highest BCUT2D eigenvalue weighted by Gasteiger charge is 2.28. The number of aromatic nitrogens is 4. The number of imidazole rings is 1. The molecule has 1 aromatic carbocycles. The molecule has 27 heavy (non-hydrogen) atoms. The Morgan fingerprint density at radius 1 is 1.19 bits per heavy atom. The smallest absolute Gasteiger partial charge is 0.276 e. The Bertz CT molecular complexity index is 1110. The average molecular weight is 413 g/mol. The van der Waals surface area contributed by atoms with Crippen LogP contribution in [0.1, 0.15) is 26.6 Å². The standard InChI is InChI=1S/C18H19Cl2FN4O2/c1-18(2,3)17-22-13-9(19)8-10(21)11(14(13)23-17)12-15(20)24-4-6-27-7-5-25(24)16(12)26/h8H,4-7H2,1-3H3,(H,22,23). The van der Waals surface area contributed by atoms with E-state index in [0.717, 1.165) is 0 Å². The van der Waals surface area contributed by atoms with Crippen LogP contribution < -0.4 is 5.56 Å². The molecule has 6 nitrogen and oxygen atoms in total. The summed E-state index contributed by atoms with van der Waals surface area (Å²) in [7, 11) is 0. The van der Waals surface area contributed by atoms with Crippen molar-refractivity contribution in [2.24, 2.45) is 0 Å². The Morgan fingerprint density at radius 3 is 2.52 bits per heavy atom. The van der Waals surface area contributed by atoms with Crippen molar-refractivity contribution in [3.8, 4) is 11.1 Å². The van der Waals surface area contributed by atoms with E-state index in [4.69, 9.17) is 27.9 Å². The van der Waals surface area contributed by atoms with Gasteiger partial charge in [0.2, 0.25) is 0 Å². The highest BCUT2D eigenvalue weighted by Crippen LogP contribution is 2.37. The van der Waals surface area contributed by atoms with Gasteiger partial charge in [0.1, 0.15) is 22.3 Å². The lowest BCUT2D eigenvalue weighted by atomic mass is 9.96. The van der Waals surface area contributed by atoms with E-state index in [2.05, 4.69) is 9.97 Å². The Morgan fingerprint density at radius 2 is 1.85 bits per heavy atom. The van der Waals surface area contributed by atoms with Gasteiger partial charge in [-0.15, -0.1) is 0 Å². The van der Waals surface area contributed by atoms with Crippen LogP contribution >= 0.6 is 23.2 Å². The van der Waals surface area contributed by atoms with E-state index in [1.54, 1.807) is 4.68 Å². The van der Waals surface area contributed by atoms with Crippen LogP contribution in [-0.4, -0.2) is 32.5 Å². The first-order chi connectivity index (χ1) is 12.7. The summed E-state index contributed by atoms with van der Waals surface area (Å²) < 4.78 is 23.5. The van der Waals surface area contributed by atoms with Crippen molar-refractivity contribution >= 4 is 34.2 Å². The lowest BCUT2D eigenvalue weighted by Gasteiger charge is -2.13. The first kappa shape index (κ1) is 18.5. The van der Waals surface area contributed by atoms with Gasteiger partial charge in [-0.3, -0.25) is 9.48 Å². The quantitative estimate of drug-likeness (QED) is 0.657. The Labute approximate surface area is 164 Å². The maximum Gasteiger partial charge on any atom is 0.276 e. The zero-order valence-corrected chi connectivity index (χ0v) is 16.7. The number of hydrogen-bond acceptors (Lipinski definition) is 3. The Balaban J connectivity index is 2.06. The summed E-state index contributed by atoms with van der Waals surface area (Å²) in [6.07, 6.45) is 0. The third kappa shape index (κ3) is 2.88. The molecule has 0 amide bonds. The minimum atomic E-state index is -0.617. The molecule has 0 aliphatic carbocycles. The van der Waals surface area contributed by atoms with Crippen molar-refractivity contribution in [1.82, 2.24) is 19.3 Å². The van der Waals surface area contributed by atoms with E-state index in [-0.39, 0.29) is 32.3 Å². The lowest BCUT2D eigenvalue weighted by Crippen LogP contribution is -2.23. The molecule has 1 aliphatic rings. The molecule has 0 saturated heterocycles. The molecular weight excluding hydrogens is 394 g/mol. The van der Waals surface area contributed by atoms with Crippen LogP contribution in [0, 0.1) is 5.82 Å². The van der Waals surface area contributed by atoms with Gasteiger partial charge >= 0.3 is 0 Å². The predicted molar refractivity (Wildman–Crippen MR) is 103 cm³/mol. The van der Waals surface area contributed by atoms with Crippen LogP contribution in [0.25, 0.3) is 22.2 Å². The normalized spacial score (nSPS) is 15.2. The number of benzene rings is 1. The number of nitrogens with one attached hydrogen (secondary N) is 1. The van der Waals surface area contributed by atoms with Gasteiger partial charge in [-0.2, -0.15) is 0 Å². The summed E-state index contributed by atoms with van der Waals surface area (Å²) in [6.45, 7) is 7.56. The summed E-state index contributed by atoms with van der Waals surface area (Å²) in [5.74, 6) is 0.0323. The Hall–Kier alpha value is -1.83. The number of hydrogen-bond donors (Lipinski definition) is 1. The van der Waals surface area contributed by atoms with E-state index in [9.17, 15) is 4.79 Å². The molecule has 0 bridgehead atoms. The molecule has 1 aliphatic heterocycles. The number of aromatic amines is 1. The molecule has 0 spiro atoms. The fourth-order valence-corrected chi connectivity index (χ4v) is 3.90. The molecule has 2 aromatic heterocycles. The van der Waals surface area contributed by atoms with E-state index in [0.29, 0.717) is 43.2 Å². The summed E-state index contributed by atoms with van der Waals surface area (Å²) in [5.41, 5.74) is 0.345. The zero-order valence-electron chi connectivity index (χ0n) is 15.2. The summed E-state index contributed by atoms with van der Waals surface area (Å²) in [4.78, 5) is 20.7. The van der Waals surface area contributed by atoms with Crippen molar-refractivity contribution in [3.05, 3.63) is 38.2 Å². The predicted octanol–water partition coefficient (Wildman–Crippen LogP) is 3.97. The van der Waals surface area contributed by atoms with Crippen LogP contribution in [0.15, 0.2) is 10.9 Å². The SMILES string of the molecule is CC(C)(C)c1nc2c(Cl)cc(F)c(-c3c(Cl)n4n(c3=O)CCOCC4)c2[nH]1. The average Bonchev–Trinajstić information content (AvgIpc) is 3.00. The number of ether oxygens (including phenoxy) is 1. The maximum atomic E-state index is 15.0. The topological polar surface area (TPSA) is 64.8 Å². The van der Waals surface area contributed by atoms with Gasteiger partial charge in [-0.1, -0.05) is 44.0 Å². The molecule has 1 N–H and O–H groups in total. The van der Waals surface area contributed by atoms with Crippen molar-refractivity contribution in [3.63, 3.8) is 0 Å². The first-order valence-electron chi connectivity index (χ1n) is 8.65. The lowest BCUT2D eigenvalue weighted by molar-refractivity contribution is 0.137. The van der Waals surface area contributed by atoms with Crippen LogP contribution in [0.4, 0.5) is 4.39 Å². The summed E-state index contributed by atoms with van der Waals surface area (Å²) in [5, 5.41) is 0.364. The van der Waals surface area contributed by atoms with E-state index in [1.807, 2.05) is 20.8 Å². The maximum absolute atomic E-state index is 15.0. The molecule has 0 fully saturated rings. The minimum absolute atomic E-state index is 0.0985. The monoisotopic (exact) mass is 412 g/mol. The fourth-order valence-electron chi connectivity index (χ4n) is 3.32. The molecule has 144 valence electrons. The van der Waals surface area contributed by atoms with Crippen molar-refractivity contribution in [2.45, 2.75) is 39.3 Å². The summed E-state index contributed by atoms with van der Waals surface area (Å²) in [6, 6.07) is 1.18. The first-order valence-corrected chi connectivity index (χ1v) is 9.41. The number of fused-ring (bicyclic) bond motifs is 2. The molecule has 0 radical (unpaired) electrons. The number of H-pyrrole nitrogens is 1. The zero-order chi connectivity index (χ0) is 19.5. The van der Waals surface area contributed by atoms with E-state index >= 15 is 4.39 Å². The Kier molecular flexibility index (Phi) is 4.36. The van der Waals surface area contributed by atoms with E-state index in [1.165, 1.54) is 10.7 Å². The molecule has 0 atom stereocenters. The number of halogens is 3. The summed E-state index contributed by atoms with van der Waals surface area (Å²) >= 11 is 12.7. The van der Waals surface area contributed by atoms with Crippen molar-refractivity contribution in [1.29, 1.82) is 0 Å². The minimum Gasteiger partial charge on any atom is -0.378 e. The van der Waals surface area contributed by atoms with Crippen molar-refractivity contribution < 1.29 is 9.13 Å². The third-order valence-electron chi connectivity index (χ3n) is 4.70. The van der Waals surface area contributed by atoms with Gasteiger partial charge in [0.05, 0.1) is 48.0 Å². The molecule has 3 heterocycles. The second-order valence-corrected chi connectivity index (χ2v) is 8.37. The van der Waals surface area contributed by atoms with Gasteiger partial charge in [0, 0.05) is 5.41 Å². The second-order valence-electron chi connectivity index (χ2n) is 7.60. The third-order valence-corrected chi connectivity index (χ3v) is 5.37. The molecular formula is C18H19Cl2FN4O2. The highest BCUT2D eigenvalue weighted by molar-refractivity contribution is 6.36. The van der Waals surface area contributed by atoms with Crippen LogP contribution in [0.2, 0.25) is 10.2 Å². The second kappa shape index (κ2) is 6.36. The van der Waals surface area contributed by atoms with Crippen LogP contribution in [0.3, 0.4) is 0 Å². The van der Waals surface area contributed by atoms with Crippen LogP contribution in [0.5, 0.6) is 0 Å². The number of nitrogens with zero attached hydrogens (tertiary/aromatic N) is 3. The largest absolute Gasteiger partial charge is 0.378 e. The molecule has 4 rings (SSSR count). The van der Waals surface area contributed by atoms with Crippen LogP contribution in [-0.2, 0) is 23.2 Å². The van der Waals surface area contributed by atoms with Gasteiger partial charge in [-0.05, 0) is 6.07 Å². The highest BCUT2D eigenvalue weighted by atomic mass is 35.5. The van der Waals surface area contributed by atoms with Gasteiger partial charge in [0.25, 0.3) is 5.56 Å². The van der Waals surface area contributed by atoms with Gasteiger partial charge in [-0.25, -0.2) is 14.1 Å². The molecule has 0 saturated carbocycles. The molecule has 3 aromatic rings. The van der Waals surface area contributed by atoms with Gasteiger partial charge in [0.15, 0.2) is 0 Å². The molecule has 9 heteroatoms. The molecule has 0 unspecified atom stereocenters. The van der Waals surface area contributed by atoms with Crippen molar-refractivity contribution in [2.75, 3.05) is 13.2 Å².